The smallest absolute Gasteiger partial charge is 0.409 e. The van der Waals surface area contributed by atoms with Crippen LogP contribution in [0.5, 0.6) is 5.75 Å². The van der Waals surface area contributed by atoms with Crippen molar-refractivity contribution in [3.63, 3.8) is 0 Å². The van der Waals surface area contributed by atoms with Crippen LogP contribution in [0.2, 0.25) is 0 Å². The van der Waals surface area contributed by atoms with E-state index in [0.29, 0.717) is 12.3 Å². The van der Waals surface area contributed by atoms with Gasteiger partial charge in [0.1, 0.15) is 12.4 Å². The molecule has 5 heteroatoms. The van der Waals surface area contributed by atoms with Crippen molar-refractivity contribution in [3.8, 4) is 5.75 Å². The van der Waals surface area contributed by atoms with Crippen LogP contribution in [0.3, 0.4) is 0 Å². The Hall–Kier alpha value is -2.53. The van der Waals surface area contributed by atoms with Gasteiger partial charge in [-0.3, -0.25) is 5.32 Å². The van der Waals surface area contributed by atoms with Crippen LogP contribution in [-0.4, -0.2) is 11.2 Å². The number of fused-ring (bicyclic) bond motifs is 1. The van der Waals surface area contributed by atoms with Crippen molar-refractivity contribution in [3.05, 3.63) is 59.5 Å². The first-order valence-corrected chi connectivity index (χ1v) is 7.28. The molecule has 0 atom stereocenters. The number of anilines is 1. The molecule has 4 nitrogen and oxygen atoms in total. The molecule has 0 saturated carbocycles. The molecule has 0 fully saturated rings. The van der Waals surface area contributed by atoms with Crippen LogP contribution in [0, 0.1) is 0 Å². The van der Waals surface area contributed by atoms with Crippen LogP contribution in [0.25, 0.3) is 10.1 Å². The van der Waals surface area contributed by atoms with Crippen molar-refractivity contribution in [1.29, 1.82) is 0 Å². The summed E-state index contributed by atoms with van der Waals surface area (Å²) in [5, 5.41) is 13.8. The lowest BCUT2D eigenvalue weighted by atomic mass is 10.2. The Bertz CT molecular complexity index is 768. The molecule has 3 rings (SSSR count). The molecule has 0 aliphatic carbocycles. The highest BCUT2D eigenvalue weighted by molar-refractivity contribution is 7.17. The largest absolute Gasteiger partial charge is 0.489 e. The van der Waals surface area contributed by atoms with Crippen LogP contribution >= 0.6 is 11.3 Å². The lowest BCUT2D eigenvalue weighted by molar-refractivity contribution is 0.210. The van der Waals surface area contributed by atoms with Crippen LogP contribution in [0.1, 0.15) is 5.56 Å². The number of carbonyl (C=O) groups is 1. The number of hydrogen-bond donors (Lipinski definition) is 2. The molecule has 0 spiro atoms. The molecule has 21 heavy (non-hydrogen) atoms. The summed E-state index contributed by atoms with van der Waals surface area (Å²) in [6.45, 7) is 0.512. The summed E-state index contributed by atoms with van der Waals surface area (Å²) < 4.78 is 6.75. The maximum atomic E-state index is 10.7. The van der Waals surface area contributed by atoms with Gasteiger partial charge in [0.15, 0.2) is 0 Å². The minimum Gasteiger partial charge on any atom is -0.489 e. The second-order valence-electron chi connectivity index (χ2n) is 4.51. The SMILES string of the molecule is O=C(O)Nc1csc2cc(OCc3ccccc3)ccc12. The van der Waals surface area contributed by atoms with Crippen LogP contribution < -0.4 is 10.1 Å². The zero-order valence-corrected chi connectivity index (χ0v) is 11.9. The van der Waals surface area contributed by atoms with Gasteiger partial charge in [0.05, 0.1) is 5.69 Å². The molecule has 106 valence electrons. The third kappa shape index (κ3) is 3.14. The predicted octanol–water partition coefficient (Wildman–Crippen LogP) is 4.57. The number of rotatable bonds is 4. The first-order chi connectivity index (χ1) is 10.2. The standard InChI is InChI=1S/C16H13NO3S/c18-16(19)17-14-10-21-15-8-12(6-7-13(14)15)20-9-11-4-2-1-3-5-11/h1-8,10,17H,9H2,(H,18,19). The summed E-state index contributed by atoms with van der Waals surface area (Å²) in [6.07, 6.45) is -1.06. The summed E-state index contributed by atoms with van der Waals surface area (Å²) in [4.78, 5) is 10.7. The highest BCUT2D eigenvalue weighted by Crippen LogP contribution is 2.33. The number of benzene rings is 2. The fraction of sp³-hybridized carbons (Fsp3) is 0.0625. The van der Waals surface area contributed by atoms with E-state index in [2.05, 4.69) is 5.32 Å². The summed E-state index contributed by atoms with van der Waals surface area (Å²) in [5.74, 6) is 0.773. The summed E-state index contributed by atoms with van der Waals surface area (Å²) >= 11 is 1.49. The van der Waals surface area contributed by atoms with Crippen molar-refractivity contribution in [1.82, 2.24) is 0 Å². The van der Waals surface area contributed by atoms with E-state index < -0.39 is 6.09 Å². The predicted molar refractivity (Wildman–Crippen MR) is 84.2 cm³/mol. The van der Waals surface area contributed by atoms with Crippen LogP contribution in [0.15, 0.2) is 53.9 Å². The Labute approximate surface area is 125 Å². The van der Waals surface area contributed by atoms with E-state index in [0.717, 1.165) is 21.4 Å². The molecule has 0 unspecified atom stereocenters. The van der Waals surface area contributed by atoms with Gasteiger partial charge in [0.25, 0.3) is 0 Å². The maximum absolute atomic E-state index is 10.7. The molecule has 1 heterocycles. The van der Waals surface area contributed by atoms with Crippen molar-refractivity contribution in [2.45, 2.75) is 6.61 Å². The van der Waals surface area contributed by atoms with E-state index in [9.17, 15) is 4.79 Å². The van der Waals surface area contributed by atoms with Gasteiger partial charge in [-0.05, 0) is 23.8 Å². The molecule has 1 aromatic heterocycles. The fourth-order valence-electron chi connectivity index (χ4n) is 2.05. The number of ether oxygens (including phenoxy) is 1. The molecular weight excluding hydrogens is 286 g/mol. The molecular formula is C16H13NO3S. The van der Waals surface area contributed by atoms with Crippen molar-refractivity contribution in [2.24, 2.45) is 0 Å². The molecule has 0 bridgehead atoms. The second-order valence-corrected chi connectivity index (χ2v) is 5.42. The molecule has 0 saturated heterocycles. The van der Waals surface area contributed by atoms with Crippen molar-refractivity contribution < 1.29 is 14.6 Å². The zero-order chi connectivity index (χ0) is 14.7. The van der Waals surface area contributed by atoms with Gasteiger partial charge < -0.3 is 9.84 Å². The summed E-state index contributed by atoms with van der Waals surface area (Å²) in [5.41, 5.74) is 1.72. The molecule has 0 aliphatic rings. The summed E-state index contributed by atoms with van der Waals surface area (Å²) in [7, 11) is 0. The van der Waals surface area contributed by atoms with Crippen LogP contribution in [0.4, 0.5) is 10.5 Å². The number of amides is 1. The number of carboxylic acid groups (broad SMARTS) is 1. The van der Waals surface area contributed by atoms with E-state index in [-0.39, 0.29) is 0 Å². The zero-order valence-electron chi connectivity index (χ0n) is 11.1. The fourth-order valence-corrected chi connectivity index (χ4v) is 2.97. The summed E-state index contributed by atoms with van der Waals surface area (Å²) in [6, 6.07) is 15.6. The minimum atomic E-state index is -1.06. The van der Waals surface area contributed by atoms with Gasteiger partial charge in [-0.25, -0.2) is 4.79 Å². The molecule has 2 N–H and O–H groups in total. The van der Waals surface area contributed by atoms with E-state index in [1.165, 1.54) is 11.3 Å². The van der Waals surface area contributed by atoms with Gasteiger partial charge in [-0.1, -0.05) is 30.3 Å². The first kappa shape index (κ1) is 13.5. The van der Waals surface area contributed by atoms with E-state index in [1.54, 1.807) is 5.38 Å². The monoisotopic (exact) mass is 299 g/mol. The van der Waals surface area contributed by atoms with Gasteiger partial charge in [0.2, 0.25) is 0 Å². The number of nitrogens with one attached hydrogen (secondary N) is 1. The molecule has 0 aliphatic heterocycles. The Morgan fingerprint density at radius 1 is 1.19 bits per heavy atom. The van der Waals surface area contributed by atoms with Gasteiger partial charge in [-0.2, -0.15) is 0 Å². The lowest BCUT2D eigenvalue weighted by Crippen LogP contribution is -2.06. The van der Waals surface area contributed by atoms with Crippen LogP contribution in [-0.2, 0) is 6.61 Å². The minimum absolute atomic E-state index is 0.512. The molecule has 3 aromatic rings. The average Bonchev–Trinajstić information content (AvgIpc) is 2.88. The maximum Gasteiger partial charge on any atom is 0.409 e. The highest BCUT2D eigenvalue weighted by atomic mass is 32.1. The molecule has 0 radical (unpaired) electrons. The number of hydrogen-bond acceptors (Lipinski definition) is 3. The average molecular weight is 299 g/mol. The third-order valence-corrected chi connectivity index (χ3v) is 3.98. The lowest BCUT2D eigenvalue weighted by Gasteiger charge is -2.06. The Balaban J connectivity index is 1.77. The van der Waals surface area contributed by atoms with Gasteiger partial charge in [0, 0.05) is 15.5 Å². The van der Waals surface area contributed by atoms with Gasteiger partial charge >= 0.3 is 6.09 Å². The normalized spacial score (nSPS) is 10.5. The Kier molecular flexibility index (Phi) is 3.75. The number of thiophene rings is 1. The van der Waals surface area contributed by atoms with Crippen molar-refractivity contribution >= 4 is 33.2 Å². The quantitative estimate of drug-likeness (QED) is 0.742. The molecule has 2 aromatic carbocycles. The topological polar surface area (TPSA) is 58.6 Å². The first-order valence-electron chi connectivity index (χ1n) is 6.40. The molecule has 1 amide bonds. The highest BCUT2D eigenvalue weighted by Gasteiger charge is 2.07. The third-order valence-electron chi connectivity index (χ3n) is 3.04. The van der Waals surface area contributed by atoms with E-state index >= 15 is 0 Å². The van der Waals surface area contributed by atoms with E-state index in [1.807, 2.05) is 48.5 Å². The van der Waals surface area contributed by atoms with E-state index in [4.69, 9.17) is 9.84 Å². The second kappa shape index (κ2) is 5.85. The Morgan fingerprint density at radius 2 is 2.00 bits per heavy atom. The van der Waals surface area contributed by atoms with Crippen molar-refractivity contribution in [2.75, 3.05) is 5.32 Å². The van der Waals surface area contributed by atoms with Gasteiger partial charge in [-0.15, -0.1) is 11.3 Å². The Morgan fingerprint density at radius 3 is 2.76 bits per heavy atom.